The SMILES string of the molecule is CC1(C)CCCC(c2cccc(CCC=O)c2)n2ncc(Cl)c2-c2cc(ccc2F)Oc2c(F)cc3[nH]ccc3c2CCS(=O)(=O)C1. The first-order valence-electron chi connectivity index (χ1n) is 15.7. The van der Waals surface area contributed by atoms with E-state index in [4.69, 9.17) is 16.3 Å². The predicted molar refractivity (Wildman–Crippen MR) is 180 cm³/mol. The van der Waals surface area contributed by atoms with Crippen LogP contribution in [0, 0.1) is 17.0 Å². The molecule has 0 saturated carbocycles. The molecule has 0 fully saturated rings. The largest absolute Gasteiger partial charge is 0.454 e. The van der Waals surface area contributed by atoms with Crippen molar-refractivity contribution in [2.45, 2.75) is 58.4 Å². The maximum absolute atomic E-state index is 15.7. The minimum Gasteiger partial charge on any atom is -0.454 e. The molecule has 0 saturated heterocycles. The molecule has 11 heteroatoms. The van der Waals surface area contributed by atoms with Crippen molar-refractivity contribution < 1.29 is 26.7 Å². The van der Waals surface area contributed by atoms with Crippen molar-refractivity contribution in [3.63, 3.8) is 0 Å². The van der Waals surface area contributed by atoms with E-state index in [0.29, 0.717) is 54.3 Å². The van der Waals surface area contributed by atoms with Crippen molar-refractivity contribution in [3.8, 4) is 22.8 Å². The number of nitrogens with one attached hydrogen (secondary N) is 1. The fraction of sp³-hybridized carbons (Fsp3) is 0.333. The van der Waals surface area contributed by atoms with Crippen molar-refractivity contribution in [1.82, 2.24) is 14.8 Å². The second kappa shape index (κ2) is 13.2. The molecule has 1 aliphatic heterocycles. The van der Waals surface area contributed by atoms with Gasteiger partial charge in [0, 0.05) is 40.7 Å². The average Bonchev–Trinajstić information content (AvgIpc) is 3.64. The van der Waals surface area contributed by atoms with Crippen LogP contribution in [-0.4, -0.2) is 41.0 Å². The highest BCUT2D eigenvalue weighted by Crippen LogP contribution is 2.41. The lowest BCUT2D eigenvalue weighted by atomic mass is 9.87. The zero-order valence-electron chi connectivity index (χ0n) is 26.2. The van der Waals surface area contributed by atoms with Crippen LogP contribution < -0.4 is 4.74 Å². The molecule has 3 heterocycles. The first kappa shape index (κ1) is 32.9. The lowest BCUT2D eigenvalue weighted by molar-refractivity contribution is -0.107. The predicted octanol–water partition coefficient (Wildman–Crippen LogP) is 8.64. The molecule has 1 aliphatic rings. The number of fused-ring (bicyclic) bond motifs is 7. The first-order chi connectivity index (χ1) is 22.4. The zero-order valence-corrected chi connectivity index (χ0v) is 27.8. The van der Waals surface area contributed by atoms with Crippen LogP contribution in [0.1, 0.15) is 62.3 Å². The third kappa shape index (κ3) is 7.13. The van der Waals surface area contributed by atoms with Crippen molar-refractivity contribution in [3.05, 3.63) is 100 Å². The molecule has 0 radical (unpaired) electrons. The van der Waals surface area contributed by atoms with E-state index in [2.05, 4.69) is 10.1 Å². The summed E-state index contributed by atoms with van der Waals surface area (Å²) in [6, 6.07) is 14.6. The second-order valence-electron chi connectivity index (χ2n) is 13.0. The van der Waals surface area contributed by atoms with E-state index in [1.165, 1.54) is 30.5 Å². The summed E-state index contributed by atoms with van der Waals surface area (Å²) >= 11 is 6.73. The monoisotopic (exact) mass is 679 g/mol. The molecule has 2 aromatic heterocycles. The number of hydrogen-bond donors (Lipinski definition) is 1. The number of H-pyrrole nitrogens is 1. The van der Waals surface area contributed by atoms with E-state index in [9.17, 15) is 13.2 Å². The van der Waals surface area contributed by atoms with Crippen LogP contribution in [0.5, 0.6) is 11.5 Å². The highest BCUT2D eigenvalue weighted by atomic mass is 35.5. The van der Waals surface area contributed by atoms with Gasteiger partial charge in [0.05, 0.1) is 34.5 Å². The quantitative estimate of drug-likeness (QED) is 0.192. The molecule has 246 valence electrons. The fourth-order valence-electron chi connectivity index (χ4n) is 6.66. The van der Waals surface area contributed by atoms with Crippen LogP contribution in [0.2, 0.25) is 5.02 Å². The van der Waals surface area contributed by atoms with Gasteiger partial charge in [-0.25, -0.2) is 17.2 Å². The number of hydrogen-bond acceptors (Lipinski definition) is 5. The summed E-state index contributed by atoms with van der Waals surface area (Å²) in [6.45, 7) is 3.87. The number of aryl methyl sites for hydroxylation is 2. The minimum absolute atomic E-state index is 0.0367. The zero-order chi connectivity index (χ0) is 33.3. The number of aromatic amines is 1. The summed E-state index contributed by atoms with van der Waals surface area (Å²) in [5, 5.41) is 5.50. The highest BCUT2D eigenvalue weighted by Gasteiger charge is 2.30. The van der Waals surface area contributed by atoms with Gasteiger partial charge < -0.3 is 14.5 Å². The normalized spacial score (nSPS) is 18.1. The summed E-state index contributed by atoms with van der Waals surface area (Å²) in [5.74, 6) is -1.43. The molecule has 1 atom stereocenters. The molecule has 1 unspecified atom stereocenters. The molecule has 7 nitrogen and oxygen atoms in total. The van der Waals surface area contributed by atoms with Crippen molar-refractivity contribution in [2.24, 2.45) is 5.41 Å². The number of nitrogens with zero attached hydrogens (tertiary/aromatic N) is 2. The van der Waals surface area contributed by atoms with Gasteiger partial charge in [0.1, 0.15) is 17.9 Å². The molecule has 0 spiro atoms. The Balaban J connectivity index is 1.52. The van der Waals surface area contributed by atoms with Gasteiger partial charge in [-0.05, 0) is 66.5 Å². The number of aldehydes is 1. The molecule has 0 aliphatic carbocycles. The number of halogens is 3. The third-order valence-corrected chi connectivity index (χ3v) is 11.1. The number of rotatable bonds is 4. The van der Waals surface area contributed by atoms with Crippen LogP contribution in [0.3, 0.4) is 0 Å². The summed E-state index contributed by atoms with van der Waals surface area (Å²) in [5.41, 5.74) is 2.72. The van der Waals surface area contributed by atoms with Crippen LogP contribution in [0.25, 0.3) is 22.2 Å². The second-order valence-corrected chi connectivity index (χ2v) is 15.6. The standard InChI is InChI=1S/C36H36ClF2N3O4S/c1-36(2)14-4-9-33(24-8-3-6-23(18-24)7-5-16-43)42-34(29(37)21-41-42)28-19-25(10-11-30(28)38)46-35-27(13-17-47(44,45)22-36)26-12-15-40-32(26)20-31(35)39/h3,6,8,10-12,15-16,18-21,33,40H,4-5,7,9,13-14,17,22H2,1-2H3. The van der Waals surface area contributed by atoms with Gasteiger partial charge in [0.25, 0.3) is 0 Å². The number of ether oxygens (including phenoxy) is 1. The molecule has 2 bridgehead atoms. The highest BCUT2D eigenvalue weighted by molar-refractivity contribution is 7.91. The topological polar surface area (TPSA) is 94.1 Å². The van der Waals surface area contributed by atoms with E-state index >= 15 is 8.78 Å². The van der Waals surface area contributed by atoms with E-state index in [1.807, 2.05) is 38.1 Å². The maximum Gasteiger partial charge on any atom is 0.168 e. The lowest BCUT2D eigenvalue weighted by Gasteiger charge is -2.27. The Morgan fingerprint density at radius 2 is 1.96 bits per heavy atom. The molecular weight excluding hydrogens is 644 g/mol. The van der Waals surface area contributed by atoms with E-state index in [0.717, 1.165) is 17.4 Å². The van der Waals surface area contributed by atoms with Crippen molar-refractivity contribution in [1.29, 1.82) is 0 Å². The Bertz CT molecular complexity index is 2050. The molecule has 1 N–H and O–H groups in total. The lowest BCUT2D eigenvalue weighted by Crippen LogP contribution is -2.27. The summed E-state index contributed by atoms with van der Waals surface area (Å²) in [6.07, 6.45) is 6.81. The van der Waals surface area contributed by atoms with E-state index in [-0.39, 0.29) is 46.1 Å². The smallest absolute Gasteiger partial charge is 0.168 e. The van der Waals surface area contributed by atoms with Crippen molar-refractivity contribution >= 4 is 38.6 Å². The van der Waals surface area contributed by atoms with Gasteiger partial charge in [-0.2, -0.15) is 5.10 Å². The summed E-state index contributed by atoms with van der Waals surface area (Å²) in [7, 11) is -3.56. The number of aromatic nitrogens is 3. The van der Waals surface area contributed by atoms with E-state index < -0.39 is 26.9 Å². The van der Waals surface area contributed by atoms with Gasteiger partial charge in [-0.1, -0.05) is 56.1 Å². The van der Waals surface area contributed by atoms with Gasteiger partial charge in [0.2, 0.25) is 0 Å². The third-order valence-electron chi connectivity index (χ3n) is 8.82. The Morgan fingerprint density at radius 3 is 2.77 bits per heavy atom. The van der Waals surface area contributed by atoms with Crippen molar-refractivity contribution in [2.75, 3.05) is 11.5 Å². The Hall–Kier alpha value is -4.02. The maximum atomic E-state index is 15.7. The first-order valence-corrected chi connectivity index (χ1v) is 17.9. The van der Waals surface area contributed by atoms with Gasteiger partial charge in [-0.3, -0.25) is 4.68 Å². The number of benzene rings is 3. The number of sulfone groups is 1. The van der Waals surface area contributed by atoms with E-state index in [1.54, 1.807) is 16.9 Å². The van der Waals surface area contributed by atoms with Gasteiger partial charge >= 0.3 is 0 Å². The fourth-order valence-corrected chi connectivity index (χ4v) is 8.89. The molecule has 0 amide bonds. The minimum atomic E-state index is -3.56. The molecule has 6 rings (SSSR count). The number of carbonyl (C=O) groups is 1. The molecule has 3 aromatic carbocycles. The number of carbonyl (C=O) groups excluding carboxylic acids is 1. The average molecular weight is 680 g/mol. The molecular formula is C36H36ClF2N3O4S. The summed E-state index contributed by atoms with van der Waals surface area (Å²) in [4.78, 5) is 14.1. The van der Waals surface area contributed by atoms with Crippen LogP contribution in [0.4, 0.5) is 8.78 Å². The summed E-state index contributed by atoms with van der Waals surface area (Å²) < 4.78 is 66.3. The molecule has 47 heavy (non-hydrogen) atoms. The van der Waals surface area contributed by atoms with Crippen LogP contribution in [-0.2, 0) is 27.5 Å². The Kier molecular flexibility index (Phi) is 9.27. The van der Waals surface area contributed by atoms with Gasteiger partial charge in [0.15, 0.2) is 21.4 Å². The van der Waals surface area contributed by atoms with Gasteiger partial charge in [-0.15, -0.1) is 0 Å². The van der Waals surface area contributed by atoms with Crippen LogP contribution in [0.15, 0.2) is 67.0 Å². The Labute approximate surface area is 277 Å². The Morgan fingerprint density at radius 1 is 1.13 bits per heavy atom. The van der Waals surface area contributed by atoms with Crippen LogP contribution >= 0.6 is 11.6 Å². The molecule has 5 aromatic rings.